The normalized spacial score (nSPS) is 23.4. The summed E-state index contributed by atoms with van der Waals surface area (Å²) in [6, 6.07) is 9.23. The molecule has 1 fully saturated rings. The van der Waals surface area contributed by atoms with Crippen molar-refractivity contribution < 1.29 is 4.74 Å². The van der Waals surface area contributed by atoms with E-state index in [2.05, 4.69) is 55.3 Å². The molecule has 0 spiro atoms. The second-order valence-corrected chi connectivity index (χ2v) is 5.92. The van der Waals surface area contributed by atoms with Crippen molar-refractivity contribution in [2.45, 2.75) is 39.3 Å². The van der Waals surface area contributed by atoms with Crippen LogP contribution in [0, 0.1) is 5.92 Å². The van der Waals surface area contributed by atoms with Gasteiger partial charge in [-0.05, 0) is 70.6 Å². The van der Waals surface area contributed by atoms with Crippen LogP contribution in [0.2, 0.25) is 0 Å². The first-order chi connectivity index (χ1) is 9.65. The molecule has 1 heterocycles. The van der Waals surface area contributed by atoms with Crippen molar-refractivity contribution in [2.24, 2.45) is 5.92 Å². The minimum absolute atomic E-state index is 0.233. The minimum atomic E-state index is 0.233. The average Bonchev–Trinajstić information content (AvgIpc) is 2.82. The van der Waals surface area contributed by atoms with Crippen molar-refractivity contribution in [1.82, 2.24) is 10.2 Å². The van der Waals surface area contributed by atoms with Gasteiger partial charge in [-0.3, -0.25) is 4.90 Å². The van der Waals surface area contributed by atoms with Crippen LogP contribution in [0.3, 0.4) is 0 Å². The summed E-state index contributed by atoms with van der Waals surface area (Å²) in [4.78, 5) is 2.58. The molecule has 0 radical (unpaired) electrons. The summed E-state index contributed by atoms with van der Waals surface area (Å²) < 4.78 is 5.73. The fourth-order valence-corrected chi connectivity index (χ4v) is 3.26. The van der Waals surface area contributed by atoms with Crippen LogP contribution in [-0.4, -0.2) is 37.7 Å². The Morgan fingerprint density at radius 1 is 1.30 bits per heavy atom. The Bertz CT molecular complexity index is 402. The van der Waals surface area contributed by atoms with Crippen LogP contribution in [0.1, 0.15) is 38.8 Å². The lowest BCUT2D eigenvalue weighted by atomic mass is 9.93. The number of nitrogens with zero attached hydrogens (tertiary/aromatic N) is 1. The van der Waals surface area contributed by atoms with E-state index in [-0.39, 0.29) is 6.10 Å². The van der Waals surface area contributed by atoms with Gasteiger partial charge in [0.2, 0.25) is 0 Å². The van der Waals surface area contributed by atoms with Gasteiger partial charge < -0.3 is 10.1 Å². The van der Waals surface area contributed by atoms with E-state index >= 15 is 0 Å². The fourth-order valence-electron chi connectivity index (χ4n) is 3.26. The fraction of sp³-hybridized carbons (Fsp3) is 0.647. The lowest BCUT2D eigenvalue weighted by Gasteiger charge is -2.28. The van der Waals surface area contributed by atoms with Crippen molar-refractivity contribution in [3.8, 4) is 5.75 Å². The molecule has 112 valence electrons. The van der Waals surface area contributed by atoms with E-state index in [1.165, 1.54) is 18.5 Å². The van der Waals surface area contributed by atoms with Crippen molar-refractivity contribution >= 4 is 0 Å². The highest BCUT2D eigenvalue weighted by atomic mass is 16.5. The largest absolute Gasteiger partial charge is 0.491 e. The van der Waals surface area contributed by atoms with Crippen molar-refractivity contribution in [1.29, 1.82) is 0 Å². The monoisotopic (exact) mass is 276 g/mol. The zero-order valence-corrected chi connectivity index (χ0v) is 13.2. The van der Waals surface area contributed by atoms with Crippen molar-refractivity contribution in [3.05, 3.63) is 29.8 Å². The maximum Gasteiger partial charge on any atom is 0.119 e. The Balaban J connectivity index is 2.14. The smallest absolute Gasteiger partial charge is 0.119 e. The van der Waals surface area contributed by atoms with Gasteiger partial charge in [-0.1, -0.05) is 19.1 Å². The third-order valence-electron chi connectivity index (χ3n) is 4.09. The molecule has 2 rings (SSSR count). The van der Waals surface area contributed by atoms with E-state index in [9.17, 15) is 0 Å². The molecule has 3 nitrogen and oxygen atoms in total. The molecule has 1 N–H and O–H groups in total. The van der Waals surface area contributed by atoms with E-state index in [1.54, 1.807) is 0 Å². The number of benzene rings is 1. The minimum Gasteiger partial charge on any atom is -0.491 e. The maximum absolute atomic E-state index is 5.73. The molecule has 3 heteroatoms. The van der Waals surface area contributed by atoms with E-state index in [1.807, 2.05) is 7.05 Å². The molecule has 0 aliphatic carbocycles. The Morgan fingerprint density at radius 2 is 2.00 bits per heavy atom. The topological polar surface area (TPSA) is 24.5 Å². The Labute approximate surface area is 123 Å². The SMILES string of the molecule is CCN1CCC(CNC)C1c1ccc(OC(C)C)cc1. The average molecular weight is 276 g/mol. The molecule has 1 aromatic carbocycles. The Kier molecular flexibility index (Phi) is 5.44. The molecule has 2 atom stereocenters. The summed E-state index contributed by atoms with van der Waals surface area (Å²) in [5.41, 5.74) is 1.42. The first-order valence-electron chi connectivity index (χ1n) is 7.81. The number of hydrogen-bond donors (Lipinski definition) is 1. The number of nitrogens with one attached hydrogen (secondary N) is 1. The third kappa shape index (κ3) is 3.53. The number of rotatable bonds is 6. The highest BCUT2D eigenvalue weighted by molar-refractivity contribution is 5.30. The van der Waals surface area contributed by atoms with Crippen molar-refractivity contribution in [3.63, 3.8) is 0 Å². The summed E-state index contributed by atoms with van der Waals surface area (Å²) in [6.45, 7) is 9.79. The molecule has 1 aliphatic heterocycles. The standard InChI is InChI=1S/C17H28N2O/c1-5-19-11-10-15(12-18-4)17(19)14-6-8-16(9-7-14)20-13(2)3/h6-9,13,15,17-18H,5,10-12H2,1-4H3. The van der Waals surface area contributed by atoms with Gasteiger partial charge >= 0.3 is 0 Å². The van der Waals surface area contributed by atoms with Gasteiger partial charge in [0.15, 0.2) is 0 Å². The third-order valence-corrected chi connectivity index (χ3v) is 4.09. The summed E-state index contributed by atoms with van der Waals surface area (Å²) >= 11 is 0. The molecule has 0 saturated carbocycles. The Hall–Kier alpha value is -1.06. The van der Waals surface area contributed by atoms with Gasteiger partial charge in [0, 0.05) is 6.04 Å². The summed E-state index contributed by atoms with van der Waals surface area (Å²) in [5.74, 6) is 1.67. The first kappa shape index (κ1) is 15.3. The maximum atomic E-state index is 5.73. The summed E-state index contributed by atoms with van der Waals surface area (Å²) in [5, 5.41) is 3.34. The molecule has 2 unspecified atom stereocenters. The van der Waals surface area contributed by atoms with Gasteiger partial charge in [0.05, 0.1) is 6.10 Å². The highest BCUT2D eigenvalue weighted by Crippen LogP contribution is 2.37. The van der Waals surface area contributed by atoms with Crippen LogP contribution < -0.4 is 10.1 Å². The summed E-state index contributed by atoms with van der Waals surface area (Å²) in [7, 11) is 2.05. The molecule has 20 heavy (non-hydrogen) atoms. The Morgan fingerprint density at radius 3 is 2.55 bits per heavy atom. The molecule has 0 amide bonds. The zero-order chi connectivity index (χ0) is 14.5. The molecule has 1 aromatic rings. The predicted octanol–water partition coefficient (Wildman–Crippen LogP) is 3.08. The molecule has 0 bridgehead atoms. The highest BCUT2D eigenvalue weighted by Gasteiger charge is 2.33. The van der Waals surface area contributed by atoms with Crippen LogP contribution in [0.5, 0.6) is 5.75 Å². The van der Waals surface area contributed by atoms with Gasteiger partial charge in [-0.25, -0.2) is 0 Å². The van der Waals surface area contributed by atoms with E-state index in [0.29, 0.717) is 12.0 Å². The number of likely N-dealkylation sites (tertiary alicyclic amines) is 1. The van der Waals surface area contributed by atoms with Gasteiger partial charge in [-0.2, -0.15) is 0 Å². The van der Waals surface area contributed by atoms with Crippen LogP contribution in [0.4, 0.5) is 0 Å². The number of ether oxygens (including phenoxy) is 1. The van der Waals surface area contributed by atoms with E-state index in [0.717, 1.165) is 18.8 Å². The second-order valence-electron chi connectivity index (χ2n) is 5.92. The lowest BCUT2D eigenvalue weighted by molar-refractivity contribution is 0.235. The van der Waals surface area contributed by atoms with Gasteiger partial charge in [-0.15, -0.1) is 0 Å². The molecule has 1 aliphatic rings. The van der Waals surface area contributed by atoms with Gasteiger partial charge in [0.25, 0.3) is 0 Å². The van der Waals surface area contributed by atoms with Crippen LogP contribution in [-0.2, 0) is 0 Å². The molecule has 1 saturated heterocycles. The quantitative estimate of drug-likeness (QED) is 0.864. The zero-order valence-electron chi connectivity index (χ0n) is 13.2. The van der Waals surface area contributed by atoms with Crippen LogP contribution >= 0.6 is 0 Å². The van der Waals surface area contributed by atoms with Crippen LogP contribution in [0.15, 0.2) is 24.3 Å². The molecule has 0 aromatic heterocycles. The van der Waals surface area contributed by atoms with Crippen LogP contribution in [0.25, 0.3) is 0 Å². The van der Waals surface area contributed by atoms with E-state index in [4.69, 9.17) is 4.74 Å². The lowest BCUT2D eigenvalue weighted by Crippen LogP contribution is -2.29. The molecular formula is C17H28N2O. The number of hydrogen-bond acceptors (Lipinski definition) is 3. The van der Waals surface area contributed by atoms with E-state index < -0.39 is 0 Å². The summed E-state index contributed by atoms with van der Waals surface area (Å²) in [6.07, 6.45) is 1.51. The second kappa shape index (κ2) is 7.09. The van der Waals surface area contributed by atoms with Gasteiger partial charge in [0.1, 0.15) is 5.75 Å². The molecular weight excluding hydrogens is 248 g/mol. The van der Waals surface area contributed by atoms with Crippen molar-refractivity contribution in [2.75, 3.05) is 26.7 Å². The predicted molar refractivity (Wildman–Crippen MR) is 84.2 cm³/mol. The first-order valence-corrected chi connectivity index (χ1v) is 7.81.